The summed E-state index contributed by atoms with van der Waals surface area (Å²) in [6.07, 6.45) is 1.31. The minimum absolute atomic E-state index is 0.289. The van der Waals surface area contributed by atoms with Crippen LogP contribution in [0.1, 0.15) is 18.6 Å². The molecular formula is C10H14ClNOS. The zero-order valence-corrected chi connectivity index (χ0v) is 9.77. The molecule has 0 spiro atoms. The van der Waals surface area contributed by atoms with Gasteiger partial charge < -0.3 is 10.8 Å². The molecule has 14 heavy (non-hydrogen) atoms. The van der Waals surface area contributed by atoms with E-state index in [4.69, 9.17) is 17.3 Å². The Morgan fingerprint density at radius 1 is 1.43 bits per heavy atom. The number of benzene rings is 1. The predicted molar refractivity (Wildman–Crippen MR) is 61.8 cm³/mol. The topological polar surface area (TPSA) is 46.2 Å². The van der Waals surface area contributed by atoms with E-state index in [0.29, 0.717) is 5.02 Å². The first kappa shape index (κ1) is 11.9. The van der Waals surface area contributed by atoms with Crippen LogP contribution >= 0.6 is 23.4 Å². The molecule has 0 aromatic heterocycles. The van der Waals surface area contributed by atoms with Crippen LogP contribution in [0.25, 0.3) is 0 Å². The lowest BCUT2D eigenvalue weighted by molar-refractivity contribution is 0.153. The molecule has 0 fully saturated rings. The number of aliphatic hydroxyl groups excluding tert-OH is 1. The Kier molecular flexibility index (Phi) is 4.26. The fourth-order valence-electron chi connectivity index (χ4n) is 1.18. The van der Waals surface area contributed by atoms with Crippen LogP contribution in [0.4, 0.5) is 0 Å². The molecule has 0 bridgehead atoms. The fourth-order valence-corrected chi connectivity index (χ4v) is 1.98. The van der Waals surface area contributed by atoms with Gasteiger partial charge in [-0.3, -0.25) is 0 Å². The maximum atomic E-state index is 9.75. The van der Waals surface area contributed by atoms with E-state index < -0.39 is 6.10 Å². The molecule has 0 radical (unpaired) electrons. The molecule has 4 heteroatoms. The molecule has 3 N–H and O–H groups in total. The van der Waals surface area contributed by atoms with Gasteiger partial charge in [0.2, 0.25) is 0 Å². The van der Waals surface area contributed by atoms with E-state index in [2.05, 4.69) is 0 Å². The molecule has 0 aliphatic heterocycles. The van der Waals surface area contributed by atoms with Gasteiger partial charge in [0.1, 0.15) is 0 Å². The van der Waals surface area contributed by atoms with Gasteiger partial charge in [-0.05, 0) is 36.9 Å². The number of nitrogens with two attached hydrogens (primary N) is 1. The molecule has 0 aliphatic rings. The van der Waals surface area contributed by atoms with Crippen LogP contribution in [0.2, 0.25) is 5.02 Å². The Morgan fingerprint density at radius 3 is 2.57 bits per heavy atom. The second kappa shape index (κ2) is 5.03. The Balaban J connectivity index is 3.02. The van der Waals surface area contributed by atoms with E-state index in [1.54, 1.807) is 24.8 Å². The van der Waals surface area contributed by atoms with Crippen molar-refractivity contribution in [2.24, 2.45) is 5.73 Å². The van der Waals surface area contributed by atoms with Gasteiger partial charge in [0, 0.05) is 16.0 Å². The molecule has 0 saturated heterocycles. The zero-order valence-electron chi connectivity index (χ0n) is 8.20. The van der Waals surface area contributed by atoms with Crippen molar-refractivity contribution >= 4 is 23.4 Å². The lowest BCUT2D eigenvalue weighted by Gasteiger charge is -2.15. The first-order valence-electron chi connectivity index (χ1n) is 4.32. The number of aliphatic hydroxyl groups is 1. The minimum atomic E-state index is -0.653. The van der Waals surface area contributed by atoms with Crippen molar-refractivity contribution in [2.45, 2.75) is 24.0 Å². The highest BCUT2D eigenvalue weighted by molar-refractivity contribution is 7.98. The van der Waals surface area contributed by atoms with Crippen LogP contribution in [0.15, 0.2) is 23.1 Å². The molecule has 0 amide bonds. The summed E-state index contributed by atoms with van der Waals surface area (Å²) >= 11 is 7.50. The average molecular weight is 232 g/mol. The van der Waals surface area contributed by atoms with Crippen LogP contribution in [-0.2, 0) is 0 Å². The first-order valence-corrected chi connectivity index (χ1v) is 5.93. The SMILES string of the molecule is CSc1cc(Cl)cc(C(O)C(C)N)c1. The molecule has 0 saturated carbocycles. The molecule has 2 atom stereocenters. The van der Waals surface area contributed by atoms with E-state index in [0.717, 1.165) is 10.5 Å². The molecule has 2 nitrogen and oxygen atoms in total. The van der Waals surface area contributed by atoms with Crippen LogP contribution in [0.3, 0.4) is 0 Å². The lowest BCUT2D eigenvalue weighted by atomic mass is 10.0. The average Bonchev–Trinajstić information content (AvgIpc) is 2.15. The summed E-state index contributed by atoms with van der Waals surface area (Å²) < 4.78 is 0. The number of hydrogen-bond acceptors (Lipinski definition) is 3. The van der Waals surface area contributed by atoms with Crippen LogP contribution in [-0.4, -0.2) is 17.4 Å². The number of hydrogen-bond donors (Lipinski definition) is 2. The Morgan fingerprint density at radius 2 is 2.07 bits per heavy atom. The third-order valence-corrected chi connectivity index (χ3v) is 2.89. The first-order chi connectivity index (χ1) is 6.54. The molecule has 0 heterocycles. The van der Waals surface area contributed by atoms with E-state index in [9.17, 15) is 5.11 Å². The molecule has 0 aliphatic carbocycles. The Bertz CT molecular complexity index is 317. The molecular weight excluding hydrogens is 218 g/mol. The highest BCUT2D eigenvalue weighted by Gasteiger charge is 2.13. The predicted octanol–water partition coefficient (Wildman–Crippen LogP) is 2.44. The van der Waals surface area contributed by atoms with Crippen molar-refractivity contribution in [3.8, 4) is 0 Å². The van der Waals surface area contributed by atoms with Gasteiger partial charge in [0.25, 0.3) is 0 Å². The largest absolute Gasteiger partial charge is 0.387 e. The summed E-state index contributed by atoms with van der Waals surface area (Å²) in [5.74, 6) is 0. The fraction of sp³-hybridized carbons (Fsp3) is 0.400. The van der Waals surface area contributed by atoms with E-state index >= 15 is 0 Å². The van der Waals surface area contributed by atoms with Gasteiger partial charge in [-0.15, -0.1) is 11.8 Å². The van der Waals surface area contributed by atoms with Crippen molar-refractivity contribution in [1.82, 2.24) is 0 Å². The summed E-state index contributed by atoms with van der Waals surface area (Å²) in [6.45, 7) is 1.77. The second-order valence-corrected chi connectivity index (χ2v) is 4.54. The smallest absolute Gasteiger partial charge is 0.0939 e. The summed E-state index contributed by atoms with van der Waals surface area (Å²) in [6, 6.07) is 5.23. The van der Waals surface area contributed by atoms with Gasteiger partial charge in [-0.25, -0.2) is 0 Å². The number of halogens is 1. The highest BCUT2D eigenvalue weighted by atomic mass is 35.5. The van der Waals surface area contributed by atoms with E-state index in [1.807, 2.05) is 18.4 Å². The number of thioether (sulfide) groups is 1. The summed E-state index contributed by atoms with van der Waals surface area (Å²) in [5, 5.41) is 10.4. The van der Waals surface area contributed by atoms with Crippen LogP contribution in [0, 0.1) is 0 Å². The van der Waals surface area contributed by atoms with Gasteiger partial charge in [0.15, 0.2) is 0 Å². The molecule has 1 rings (SSSR count). The summed E-state index contributed by atoms with van der Waals surface area (Å²) in [5.41, 5.74) is 6.38. The lowest BCUT2D eigenvalue weighted by Crippen LogP contribution is -2.24. The second-order valence-electron chi connectivity index (χ2n) is 3.23. The van der Waals surface area contributed by atoms with Crippen LogP contribution in [0.5, 0.6) is 0 Å². The van der Waals surface area contributed by atoms with Gasteiger partial charge in [-0.2, -0.15) is 0 Å². The number of rotatable bonds is 3. The van der Waals surface area contributed by atoms with E-state index in [1.165, 1.54) is 0 Å². The van der Waals surface area contributed by atoms with Crippen molar-refractivity contribution in [2.75, 3.05) is 6.26 Å². The van der Waals surface area contributed by atoms with Gasteiger partial charge >= 0.3 is 0 Å². The highest BCUT2D eigenvalue weighted by Crippen LogP contribution is 2.26. The zero-order chi connectivity index (χ0) is 10.7. The van der Waals surface area contributed by atoms with Crippen molar-refractivity contribution in [3.05, 3.63) is 28.8 Å². The maximum Gasteiger partial charge on any atom is 0.0939 e. The normalized spacial score (nSPS) is 15.2. The third kappa shape index (κ3) is 2.89. The molecule has 1 aromatic carbocycles. The molecule has 78 valence electrons. The standard InChI is InChI=1S/C10H14ClNOS/c1-6(12)10(13)7-3-8(11)5-9(4-7)14-2/h3-6,10,13H,12H2,1-2H3. The minimum Gasteiger partial charge on any atom is -0.387 e. The van der Waals surface area contributed by atoms with Crippen molar-refractivity contribution < 1.29 is 5.11 Å². The van der Waals surface area contributed by atoms with Crippen molar-refractivity contribution in [3.63, 3.8) is 0 Å². The quantitative estimate of drug-likeness (QED) is 0.786. The van der Waals surface area contributed by atoms with Crippen molar-refractivity contribution in [1.29, 1.82) is 0 Å². The van der Waals surface area contributed by atoms with Gasteiger partial charge in [-0.1, -0.05) is 11.6 Å². The van der Waals surface area contributed by atoms with Gasteiger partial charge in [0.05, 0.1) is 6.10 Å². The summed E-state index contributed by atoms with van der Waals surface area (Å²) in [4.78, 5) is 1.03. The Hall–Kier alpha value is -0.220. The Labute approximate surface area is 93.5 Å². The van der Waals surface area contributed by atoms with Crippen LogP contribution < -0.4 is 5.73 Å². The molecule has 1 aromatic rings. The van der Waals surface area contributed by atoms with E-state index in [-0.39, 0.29) is 6.04 Å². The summed E-state index contributed by atoms with van der Waals surface area (Å²) in [7, 11) is 0. The third-order valence-electron chi connectivity index (χ3n) is 1.97. The molecule has 2 unspecified atom stereocenters. The maximum absolute atomic E-state index is 9.75. The monoisotopic (exact) mass is 231 g/mol.